The highest BCUT2D eigenvalue weighted by atomic mass is 31.0. The number of amides is 3. The molecule has 0 radical (unpaired) electrons. The average Bonchev–Trinajstić information content (AvgIpc) is 3.85. The van der Waals surface area contributed by atoms with Crippen molar-refractivity contribution in [2.45, 2.75) is 45.1 Å². The number of fused-ring (bicyclic) bond motifs is 5. The van der Waals surface area contributed by atoms with Crippen LogP contribution in [0.15, 0.2) is 96.0 Å². The van der Waals surface area contributed by atoms with Crippen LogP contribution in [-0.2, 0) is 30.8 Å². The Morgan fingerprint density at radius 1 is 0.850 bits per heavy atom. The Kier molecular flexibility index (Phi) is 11.5. The zero-order valence-electron chi connectivity index (χ0n) is 34.0. The number of anilines is 4. The Balaban J connectivity index is 1.05. The summed E-state index contributed by atoms with van der Waals surface area (Å²) >= 11 is 0. The minimum absolute atomic E-state index is 0.0208. The highest BCUT2D eigenvalue weighted by molar-refractivity contribution is 7.19. The van der Waals surface area contributed by atoms with Gasteiger partial charge in [-0.15, -0.1) is 0 Å². The van der Waals surface area contributed by atoms with Crippen LogP contribution in [0.3, 0.4) is 0 Å². The van der Waals surface area contributed by atoms with Crippen LogP contribution in [0.4, 0.5) is 28.4 Å². The maximum absolute atomic E-state index is 14.1. The molecule has 0 saturated heterocycles. The van der Waals surface area contributed by atoms with Crippen molar-refractivity contribution in [3.05, 3.63) is 124 Å². The molecular formula is C46H47N6O7P. The fraction of sp³-hybridized carbons (Fsp3) is 0.261. The van der Waals surface area contributed by atoms with Gasteiger partial charge in [-0.25, -0.2) is 0 Å². The molecular weight excluding hydrogens is 780 g/mol. The van der Waals surface area contributed by atoms with E-state index in [1.54, 1.807) is 44.2 Å². The largest absolute Gasteiger partial charge is 0.493 e. The Bertz CT molecular complexity index is 2510. The van der Waals surface area contributed by atoms with Crippen LogP contribution in [0.1, 0.15) is 49.9 Å². The lowest BCUT2D eigenvalue weighted by molar-refractivity contribution is -0.117. The number of nitrogens with zero attached hydrogens (tertiary/aromatic N) is 4. The number of benzene rings is 5. The molecule has 0 bridgehead atoms. The SMILES string of the molecule is C=Nc1cc(OCc2cc(COc3cc4c(cc3OC)C(=O)N3c5ccccc5CC3CN4P)cc(NC(=O)C(C)NC)c2)c(OC)cc1C(=O)N1CCc2ccccc21. The lowest BCUT2D eigenvalue weighted by atomic mass is 10.1. The molecule has 5 aromatic rings. The summed E-state index contributed by atoms with van der Waals surface area (Å²) < 4.78 is 26.3. The fourth-order valence-corrected chi connectivity index (χ4v) is 8.55. The summed E-state index contributed by atoms with van der Waals surface area (Å²) in [5, 5.41) is 5.96. The maximum atomic E-state index is 14.1. The van der Waals surface area contributed by atoms with Crippen molar-refractivity contribution in [2.75, 3.05) is 54.1 Å². The van der Waals surface area contributed by atoms with E-state index in [1.807, 2.05) is 76.3 Å². The molecule has 0 fully saturated rings. The molecule has 5 aromatic carbocycles. The van der Waals surface area contributed by atoms with Gasteiger partial charge in [0, 0.05) is 42.3 Å². The smallest absolute Gasteiger partial charge is 0.260 e. The van der Waals surface area contributed by atoms with Gasteiger partial charge in [-0.2, -0.15) is 0 Å². The average molecular weight is 827 g/mol. The van der Waals surface area contributed by atoms with Crippen molar-refractivity contribution < 1.29 is 33.3 Å². The van der Waals surface area contributed by atoms with Gasteiger partial charge in [0.25, 0.3) is 11.8 Å². The lowest BCUT2D eigenvalue weighted by Crippen LogP contribution is -2.40. The number of carbonyl (C=O) groups is 3. The normalized spacial score (nSPS) is 15.6. The molecule has 14 heteroatoms. The lowest BCUT2D eigenvalue weighted by Gasteiger charge is -2.24. The first-order valence-corrected chi connectivity index (χ1v) is 20.2. The number of aliphatic imine (C=N–C) groups is 1. The third-order valence-corrected chi connectivity index (χ3v) is 11.8. The molecule has 60 heavy (non-hydrogen) atoms. The van der Waals surface area contributed by atoms with E-state index in [0.717, 1.165) is 46.5 Å². The monoisotopic (exact) mass is 826 g/mol. The number of nitrogens with one attached hydrogen (secondary N) is 2. The van der Waals surface area contributed by atoms with Crippen molar-refractivity contribution in [3.8, 4) is 23.0 Å². The molecule has 0 spiro atoms. The van der Waals surface area contributed by atoms with Crippen molar-refractivity contribution in [2.24, 2.45) is 4.99 Å². The van der Waals surface area contributed by atoms with E-state index >= 15 is 0 Å². The van der Waals surface area contributed by atoms with E-state index in [0.29, 0.717) is 64.3 Å². The molecule has 0 saturated carbocycles. The standard InChI is InChI=1S/C46H47N6O7P/c1-27(47-2)44(53)49-32-17-28(25-58-42-22-36(48-3)34(20-40(42)56-4)45(54)50-15-14-30-10-6-8-12-37(30)50)16-29(18-32)26-59-43-23-39-35(21-41(43)57-5)46(55)52-33(24-51(39)60)19-31-11-7-9-13-38(31)52/h6-13,16-18,20-23,27,33,47H,3,14-15,19,24-26,60H2,1-2,4-5H3,(H,49,53). The van der Waals surface area contributed by atoms with E-state index in [9.17, 15) is 14.4 Å². The van der Waals surface area contributed by atoms with Gasteiger partial charge in [0.1, 0.15) is 13.2 Å². The second kappa shape index (κ2) is 17.0. The van der Waals surface area contributed by atoms with Gasteiger partial charge in [0.15, 0.2) is 23.0 Å². The predicted octanol–water partition coefficient (Wildman–Crippen LogP) is 7.12. The molecule has 2 N–H and O–H groups in total. The Morgan fingerprint density at radius 2 is 1.50 bits per heavy atom. The summed E-state index contributed by atoms with van der Waals surface area (Å²) in [7, 11) is 7.55. The summed E-state index contributed by atoms with van der Waals surface area (Å²) in [4.78, 5) is 48.8. The van der Waals surface area contributed by atoms with Crippen LogP contribution in [-0.4, -0.2) is 70.9 Å². The van der Waals surface area contributed by atoms with Crippen molar-refractivity contribution in [1.29, 1.82) is 0 Å². The summed E-state index contributed by atoms with van der Waals surface area (Å²) in [6.45, 7) is 6.86. The quantitative estimate of drug-likeness (QED) is 0.0940. The topological polar surface area (TPSA) is 134 Å². The summed E-state index contributed by atoms with van der Waals surface area (Å²) in [5.74, 6) is 1.08. The molecule has 3 unspecified atom stereocenters. The minimum Gasteiger partial charge on any atom is -0.493 e. The highest BCUT2D eigenvalue weighted by Crippen LogP contribution is 2.44. The summed E-state index contributed by atoms with van der Waals surface area (Å²) in [6, 6.07) is 27.9. The van der Waals surface area contributed by atoms with Gasteiger partial charge >= 0.3 is 0 Å². The van der Waals surface area contributed by atoms with Gasteiger partial charge in [-0.3, -0.25) is 19.4 Å². The van der Waals surface area contributed by atoms with Crippen molar-refractivity contribution in [1.82, 2.24) is 5.32 Å². The van der Waals surface area contributed by atoms with Crippen LogP contribution in [0, 0.1) is 0 Å². The molecule has 0 aromatic heterocycles. The van der Waals surface area contributed by atoms with E-state index < -0.39 is 6.04 Å². The number of methoxy groups -OCH3 is 2. The van der Waals surface area contributed by atoms with E-state index in [2.05, 4.69) is 37.8 Å². The third-order valence-electron chi connectivity index (χ3n) is 11.3. The number of carbonyl (C=O) groups excluding carboxylic acids is 3. The summed E-state index contributed by atoms with van der Waals surface area (Å²) in [6.07, 6.45) is 1.54. The van der Waals surface area contributed by atoms with Crippen LogP contribution in [0.2, 0.25) is 0 Å². The molecule has 3 atom stereocenters. The molecule has 308 valence electrons. The maximum Gasteiger partial charge on any atom is 0.260 e. The van der Waals surface area contributed by atoms with Gasteiger partial charge in [-0.05, 0) is 108 Å². The Labute approximate surface area is 351 Å². The number of ether oxygens (including phenoxy) is 4. The number of hydrogen-bond donors (Lipinski definition) is 2. The second-order valence-corrected chi connectivity index (χ2v) is 15.6. The molecule has 3 aliphatic heterocycles. The minimum atomic E-state index is -0.445. The van der Waals surface area contributed by atoms with Gasteiger partial charge in [0.05, 0.1) is 48.8 Å². The Morgan fingerprint density at radius 3 is 2.18 bits per heavy atom. The van der Waals surface area contributed by atoms with E-state index in [1.165, 1.54) is 7.11 Å². The second-order valence-electron chi connectivity index (χ2n) is 15.0. The van der Waals surface area contributed by atoms with Crippen LogP contribution < -0.4 is 44.1 Å². The fourth-order valence-electron chi connectivity index (χ4n) is 8.09. The molecule has 8 rings (SSSR count). The number of likely N-dealkylation sites (N-methyl/N-ethyl adjacent to an activating group) is 1. The zero-order chi connectivity index (χ0) is 42.1. The predicted molar refractivity (Wildman–Crippen MR) is 237 cm³/mol. The van der Waals surface area contributed by atoms with Crippen molar-refractivity contribution >= 4 is 62.3 Å². The van der Waals surface area contributed by atoms with Crippen LogP contribution >= 0.6 is 9.39 Å². The third kappa shape index (κ3) is 7.74. The number of hydrogen-bond acceptors (Lipinski definition) is 10. The first kappa shape index (κ1) is 40.4. The van der Waals surface area contributed by atoms with E-state index in [-0.39, 0.29) is 37.0 Å². The highest BCUT2D eigenvalue weighted by Gasteiger charge is 2.39. The zero-order valence-corrected chi connectivity index (χ0v) is 35.1. The first-order chi connectivity index (χ1) is 29.1. The van der Waals surface area contributed by atoms with Gasteiger partial charge in [0.2, 0.25) is 5.91 Å². The van der Waals surface area contributed by atoms with Crippen LogP contribution in [0.25, 0.3) is 0 Å². The van der Waals surface area contributed by atoms with Gasteiger partial charge < -0.3 is 44.1 Å². The molecule has 3 aliphatic rings. The number of para-hydroxylation sites is 2. The molecule has 3 amide bonds. The van der Waals surface area contributed by atoms with Crippen molar-refractivity contribution in [3.63, 3.8) is 0 Å². The molecule has 3 heterocycles. The van der Waals surface area contributed by atoms with Gasteiger partial charge in [-0.1, -0.05) is 36.4 Å². The van der Waals surface area contributed by atoms with Crippen LogP contribution in [0.5, 0.6) is 23.0 Å². The first-order valence-electron chi connectivity index (χ1n) is 19.7. The summed E-state index contributed by atoms with van der Waals surface area (Å²) in [5.41, 5.74) is 8.02. The Hall–Kier alpha value is -6.43. The molecule has 0 aliphatic carbocycles. The van der Waals surface area contributed by atoms with E-state index in [4.69, 9.17) is 18.9 Å². The number of rotatable bonds is 13. The molecule has 13 nitrogen and oxygen atoms in total.